The molecule has 0 aliphatic carbocycles. The van der Waals surface area contributed by atoms with Gasteiger partial charge in [0.15, 0.2) is 0 Å². The van der Waals surface area contributed by atoms with E-state index in [1.807, 2.05) is 18.2 Å². The largest absolute Gasteiger partial charge is 0.490 e. The van der Waals surface area contributed by atoms with Crippen LogP contribution < -0.4 is 9.64 Å². The molecule has 0 spiro atoms. The third-order valence-electron chi connectivity index (χ3n) is 3.37. The molecule has 1 aromatic carbocycles. The fourth-order valence-electron chi connectivity index (χ4n) is 2.35. The van der Waals surface area contributed by atoms with Gasteiger partial charge in [-0.1, -0.05) is 6.07 Å². The number of carboxylic acid groups (broad SMARTS) is 1. The Morgan fingerprint density at radius 2 is 2.15 bits per heavy atom. The van der Waals surface area contributed by atoms with Crippen LogP contribution in [-0.2, 0) is 16.0 Å². The summed E-state index contributed by atoms with van der Waals surface area (Å²) in [6, 6.07) is 5.83. The number of rotatable bonds is 5. The Morgan fingerprint density at radius 3 is 2.85 bits per heavy atom. The average molecular weight is 277 g/mol. The number of ether oxygens (including phenoxy) is 1. The summed E-state index contributed by atoms with van der Waals surface area (Å²) in [7, 11) is 0. The molecule has 0 radical (unpaired) electrons. The Hall–Kier alpha value is -2.04. The molecule has 2 rings (SSSR count). The lowest BCUT2D eigenvalue weighted by Crippen LogP contribution is -2.36. The monoisotopic (exact) mass is 277 g/mol. The van der Waals surface area contributed by atoms with E-state index in [-0.39, 0.29) is 12.3 Å². The van der Waals surface area contributed by atoms with E-state index in [1.165, 1.54) is 0 Å². The predicted molar refractivity (Wildman–Crippen MR) is 75.2 cm³/mol. The highest BCUT2D eigenvalue weighted by Crippen LogP contribution is 2.32. The average Bonchev–Trinajstić information content (AvgIpc) is 2.42. The van der Waals surface area contributed by atoms with Crippen LogP contribution in [0.2, 0.25) is 0 Å². The standard InChI is InChI=1S/C15H19NO4/c1-11(17)16-8-9-20-14-7-6-12(10-13(14)16)4-2-3-5-15(18)19/h6-7,10H,2-5,8-9H2,1H3,(H,18,19). The van der Waals surface area contributed by atoms with E-state index >= 15 is 0 Å². The van der Waals surface area contributed by atoms with E-state index in [1.54, 1.807) is 11.8 Å². The summed E-state index contributed by atoms with van der Waals surface area (Å²) < 4.78 is 5.54. The first-order valence-corrected chi connectivity index (χ1v) is 6.83. The van der Waals surface area contributed by atoms with Crippen molar-refractivity contribution in [2.75, 3.05) is 18.1 Å². The molecule has 20 heavy (non-hydrogen) atoms. The Labute approximate surface area is 118 Å². The zero-order valence-corrected chi connectivity index (χ0v) is 11.6. The van der Waals surface area contributed by atoms with E-state index in [9.17, 15) is 9.59 Å². The van der Waals surface area contributed by atoms with E-state index in [0.717, 1.165) is 29.8 Å². The Bertz CT molecular complexity index is 513. The minimum absolute atomic E-state index is 0.0116. The molecule has 0 aromatic heterocycles. The van der Waals surface area contributed by atoms with Gasteiger partial charge in [-0.3, -0.25) is 9.59 Å². The molecule has 0 saturated carbocycles. The van der Waals surface area contributed by atoms with Gasteiger partial charge in [-0.2, -0.15) is 0 Å². The zero-order chi connectivity index (χ0) is 14.5. The molecule has 1 amide bonds. The molecule has 0 bridgehead atoms. The number of amides is 1. The molecule has 0 atom stereocenters. The zero-order valence-electron chi connectivity index (χ0n) is 11.6. The van der Waals surface area contributed by atoms with Gasteiger partial charge in [-0.05, 0) is 37.0 Å². The summed E-state index contributed by atoms with van der Waals surface area (Å²) in [6.07, 6.45) is 2.51. The summed E-state index contributed by atoms with van der Waals surface area (Å²) in [5, 5.41) is 8.60. The Balaban J connectivity index is 2.04. The van der Waals surface area contributed by atoms with Crippen LogP contribution in [0.4, 0.5) is 5.69 Å². The van der Waals surface area contributed by atoms with Crippen LogP contribution in [0.3, 0.4) is 0 Å². The molecule has 5 nitrogen and oxygen atoms in total. The molecule has 108 valence electrons. The maximum atomic E-state index is 11.6. The molecule has 1 aliphatic rings. The summed E-state index contributed by atoms with van der Waals surface area (Å²) in [5.74, 6) is -0.00934. The van der Waals surface area contributed by atoms with Crippen LogP contribution in [0, 0.1) is 0 Å². The lowest BCUT2D eigenvalue weighted by molar-refractivity contribution is -0.137. The fourth-order valence-corrected chi connectivity index (χ4v) is 2.35. The third kappa shape index (κ3) is 3.50. The van der Waals surface area contributed by atoms with Crippen molar-refractivity contribution >= 4 is 17.6 Å². The molecule has 0 unspecified atom stereocenters. The number of aryl methyl sites for hydroxylation is 1. The molecule has 1 aliphatic heterocycles. The number of anilines is 1. The number of fused-ring (bicyclic) bond motifs is 1. The van der Waals surface area contributed by atoms with Crippen LogP contribution in [-0.4, -0.2) is 30.1 Å². The van der Waals surface area contributed by atoms with Gasteiger partial charge in [0, 0.05) is 13.3 Å². The number of benzene rings is 1. The molecule has 1 N–H and O–H groups in total. The van der Waals surface area contributed by atoms with Crippen molar-refractivity contribution in [2.45, 2.75) is 32.6 Å². The van der Waals surface area contributed by atoms with Gasteiger partial charge in [0.2, 0.25) is 5.91 Å². The van der Waals surface area contributed by atoms with Crippen molar-refractivity contribution in [1.82, 2.24) is 0 Å². The second-order valence-electron chi connectivity index (χ2n) is 4.92. The van der Waals surface area contributed by atoms with Crippen LogP contribution in [0.1, 0.15) is 31.7 Å². The maximum Gasteiger partial charge on any atom is 0.303 e. The molecular formula is C15H19NO4. The summed E-state index contributed by atoms with van der Waals surface area (Å²) in [5.41, 5.74) is 1.92. The van der Waals surface area contributed by atoms with Crippen molar-refractivity contribution in [1.29, 1.82) is 0 Å². The van der Waals surface area contributed by atoms with Crippen LogP contribution >= 0.6 is 0 Å². The molecular weight excluding hydrogens is 258 g/mol. The summed E-state index contributed by atoms with van der Waals surface area (Å²) in [6.45, 7) is 2.64. The van der Waals surface area contributed by atoms with Gasteiger partial charge < -0.3 is 14.7 Å². The fraction of sp³-hybridized carbons (Fsp3) is 0.467. The first-order chi connectivity index (χ1) is 9.58. The van der Waals surface area contributed by atoms with Gasteiger partial charge in [0.05, 0.1) is 12.2 Å². The molecule has 1 aromatic rings. The predicted octanol–water partition coefficient (Wildman–Crippen LogP) is 2.23. The topological polar surface area (TPSA) is 66.8 Å². The van der Waals surface area contributed by atoms with Crippen molar-refractivity contribution in [2.24, 2.45) is 0 Å². The number of carbonyl (C=O) groups is 2. The lowest BCUT2D eigenvalue weighted by atomic mass is 10.0. The van der Waals surface area contributed by atoms with Crippen molar-refractivity contribution in [3.63, 3.8) is 0 Å². The Morgan fingerprint density at radius 1 is 1.35 bits per heavy atom. The molecule has 1 heterocycles. The molecule has 0 fully saturated rings. The first-order valence-electron chi connectivity index (χ1n) is 6.83. The second-order valence-corrected chi connectivity index (χ2v) is 4.92. The maximum absolute atomic E-state index is 11.6. The molecule has 0 saturated heterocycles. The van der Waals surface area contributed by atoms with Crippen LogP contribution in [0.25, 0.3) is 0 Å². The number of hydrogen-bond acceptors (Lipinski definition) is 3. The highest BCUT2D eigenvalue weighted by Gasteiger charge is 2.21. The SMILES string of the molecule is CC(=O)N1CCOc2ccc(CCCCC(=O)O)cc21. The van der Waals surface area contributed by atoms with Gasteiger partial charge in [0.1, 0.15) is 12.4 Å². The van der Waals surface area contributed by atoms with Gasteiger partial charge in [-0.15, -0.1) is 0 Å². The van der Waals surface area contributed by atoms with Crippen LogP contribution in [0.5, 0.6) is 5.75 Å². The second kappa shape index (κ2) is 6.41. The Kier molecular flexibility index (Phi) is 4.61. The minimum atomic E-state index is -0.758. The summed E-state index contributed by atoms with van der Waals surface area (Å²) >= 11 is 0. The highest BCUT2D eigenvalue weighted by atomic mass is 16.5. The third-order valence-corrected chi connectivity index (χ3v) is 3.37. The van der Waals surface area contributed by atoms with Gasteiger partial charge in [-0.25, -0.2) is 0 Å². The number of unbranched alkanes of at least 4 members (excludes halogenated alkanes) is 1. The lowest BCUT2D eigenvalue weighted by Gasteiger charge is -2.29. The first kappa shape index (κ1) is 14.4. The molecule has 5 heteroatoms. The number of hydrogen-bond donors (Lipinski definition) is 1. The number of aliphatic carboxylic acids is 1. The summed E-state index contributed by atoms with van der Waals surface area (Å²) in [4.78, 5) is 23.8. The van der Waals surface area contributed by atoms with Crippen LogP contribution in [0.15, 0.2) is 18.2 Å². The number of carbonyl (C=O) groups excluding carboxylic acids is 1. The van der Waals surface area contributed by atoms with E-state index in [2.05, 4.69) is 0 Å². The highest BCUT2D eigenvalue weighted by molar-refractivity contribution is 5.93. The van der Waals surface area contributed by atoms with Gasteiger partial charge >= 0.3 is 5.97 Å². The smallest absolute Gasteiger partial charge is 0.303 e. The minimum Gasteiger partial charge on any atom is -0.490 e. The van der Waals surface area contributed by atoms with E-state index in [4.69, 9.17) is 9.84 Å². The van der Waals surface area contributed by atoms with E-state index in [0.29, 0.717) is 19.6 Å². The van der Waals surface area contributed by atoms with Crippen molar-refractivity contribution in [3.8, 4) is 5.75 Å². The number of carboxylic acids is 1. The van der Waals surface area contributed by atoms with Crippen molar-refractivity contribution < 1.29 is 19.4 Å². The van der Waals surface area contributed by atoms with Gasteiger partial charge in [0.25, 0.3) is 0 Å². The van der Waals surface area contributed by atoms with Crippen molar-refractivity contribution in [3.05, 3.63) is 23.8 Å². The quantitative estimate of drug-likeness (QED) is 0.838. The van der Waals surface area contributed by atoms with E-state index < -0.39 is 5.97 Å². The normalized spacial score (nSPS) is 13.6. The number of nitrogens with zero attached hydrogens (tertiary/aromatic N) is 1.